The van der Waals surface area contributed by atoms with Crippen molar-refractivity contribution in [3.8, 4) is 0 Å². The third-order valence-corrected chi connectivity index (χ3v) is 2.19. The lowest BCUT2D eigenvalue weighted by atomic mass is 9.91. The molecule has 0 amide bonds. The van der Waals surface area contributed by atoms with Crippen molar-refractivity contribution in [3.63, 3.8) is 0 Å². The molecule has 1 heterocycles. The van der Waals surface area contributed by atoms with Crippen LogP contribution in [0.4, 0.5) is 0 Å². The van der Waals surface area contributed by atoms with Crippen LogP contribution in [0.25, 0.3) is 0 Å². The molecule has 1 aromatic heterocycles. The first-order valence-corrected chi connectivity index (χ1v) is 4.42. The van der Waals surface area contributed by atoms with Crippen LogP contribution in [-0.2, 0) is 5.41 Å². The number of aromatic nitrogens is 1. The molecule has 0 N–H and O–H groups in total. The molecule has 0 aliphatic heterocycles. The van der Waals surface area contributed by atoms with Gasteiger partial charge >= 0.3 is 0 Å². The van der Waals surface area contributed by atoms with Crippen LogP contribution in [0.1, 0.15) is 32.0 Å². The number of rotatable bonds is 0. The van der Waals surface area contributed by atoms with E-state index in [4.69, 9.17) is 11.6 Å². The third-order valence-electron chi connectivity index (χ3n) is 1.80. The highest BCUT2D eigenvalue weighted by Gasteiger charge is 2.15. The molecule has 0 saturated carbocycles. The number of hydrogen-bond donors (Lipinski definition) is 0. The summed E-state index contributed by atoms with van der Waals surface area (Å²) in [7, 11) is 0. The maximum Gasteiger partial charge on any atom is 0.132 e. The Morgan fingerprint density at radius 1 is 1.25 bits per heavy atom. The van der Waals surface area contributed by atoms with E-state index in [1.165, 1.54) is 0 Å². The lowest BCUT2D eigenvalue weighted by molar-refractivity contribution is 0.568. The average molecular weight is 184 g/mol. The SMILES string of the molecule is Cc1ccc(C(C)(C)C)nc1Cl. The Hall–Kier alpha value is -0.560. The van der Waals surface area contributed by atoms with Crippen molar-refractivity contribution in [2.24, 2.45) is 0 Å². The van der Waals surface area contributed by atoms with Gasteiger partial charge in [0.15, 0.2) is 0 Å². The van der Waals surface area contributed by atoms with Gasteiger partial charge in [-0.05, 0) is 18.6 Å². The first kappa shape index (κ1) is 9.53. The number of halogens is 1. The molecule has 2 heteroatoms. The largest absolute Gasteiger partial charge is 0.240 e. The van der Waals surface area contributed by atoms with Crippen LogP contribution in [0.2, 0.25) is 5.15 Å². The van der Waals surface area contributed by atoms with Gasteiger partial charge in [0.1, 0.15) is 5.15 Å². The van der Waals surface area contributed by atoms with Gasteiger partial charge in [0.2, 0.25) is 0 Å². The molecule has 0 aliphatic rings. The molecule has 0 atom stereocenters. The van der Waals surface area contributed by atoms with Gasteiger partial charge in [-0.2, -0.15) is 0 Å². The molecule has 1 nitrogen and oxygen atoms in total. The molecule has 0 spiro atoms. The maximum absolute atomic E-state index is 5.91. The van der Waals surface area contributed by atoms with E-state index in [2.05, 4.69) is 25.8 Å². The summed E-state index contributed by atoms with van der Waals surface area (Å²) in [6, 6.07) is 4.04. The summed E-state index contributed by atoms with van der Waals surface area (Å²) in [5, 5.41) is 0.613. The highest BCUT2D eigenvalue weighted by molar-refractivity contribution is 6.30. The molecule has 12 heavy (non-hydrogen) atoms. The highest BCUT2D eigenvalue weighted by Crippen LogP contribution is 2.22. The summed E-state index contributed by atoms with van der Waals surface area (Å²) in [5.41, 5.74) is 2.15. The van der Waals surface area contributed by atoms with Gasteiger partial charge in [-0.25, -0.2) is 4.98 Å². The molecule has 0 aromatic carbocycles. The van der Waals surface area contributed by atoms with Crippen molar-refractivity contribution in [2.75, 3.05) is 0 Å². The number of hydrogen-bond acceptors (Lipinski definition) is 1. The van der Waals surface area contributed by atoms with Gasteiger partial charge in [-0.3, -0.25) is 0 Å². The lowest BCUT2D eigenvalue weighted by Gasteiger charge is -2.17. The zero-order chi connectivity index (χ0) is 9.35. The Kier molecular flexibility index (Phi) is 2.43. The molecular weight excluding hydrogens is 170 g/mol. The quantitative estimate of drug-likeness (QED) is 0.563. The minimum Gasteiger partial charge on any atom is -0.240 e. The smallest absolute Gasteiger partial charge is 0.132 e. The normalized spacial score (nSPS) is 11.8. The van der Waals surface area contributed by atoms with Gasteiger partial charge in [0.25, 0.3) is 0 Å². The van der Waals surface area contributed by atoms with Gasteiger partial charge in [0, 0.05) is 11.1 Å². The fourth-order valence-electron chi connectivity index (χ4n) is 0.922. The molecule has 0 fully saturated rings. The molecule has 1 aromatic rings. The molecule has 0 bridgehead atoms. The zero-order valence-corrected chi connectivity index (χ0v) is 8.74. The zero-order valence-electron chi connectivity index (χ0n) is 7.98. The van der Waals surface area contributed by atoms with Gasteiger partial charge in [-0.1, -0.05) is 38.4 Å². The lowest BCUT2D eigenvalue weighted by Crippen LogP contribution is -2.13. The summed E-state index contributed by atoms with van der Waals surface area (Å²) in [6.45, 7) is 8.34. The monoisotopic (exact) mass is 183 g/mol. The second-order valence-corrected chi connectivity index (χ2v) is 4.41. The van der Waals surface area contributed by atoms with Crippen molar-refractivity contribution in [1.29, 1.82) is 0 Å². The van der Waals surface area contributed by atoms with E-state index in [1.54, 1.807) is 0 Å². The summed E-state index contributed by atoms with van der Waals surface area (Å²) >= 11 is 5.91. The second-order valence-electron chi connectivity index (χ2n) is 4.05. The van der Waals surface area contributed by atoms with Gasteiger partial charge in [0.05, 0.1) is 0 Å². The fourth-order valence-corrected chi connectivity index (χ4v) is 1.08. The Morgan fingerprint density at radius 3 is 2.25 bits per heavy atom. The third kappa shape index (κ3) is 1.98. The van der Waals surface area contributed by atoms with E-state index in [0.717, 1.165) is 11.3 Å². The maximum atomic E-state index is 5.91. The second kappa shape index (κ2) is 3.06. The van der Waals surface area contributed by atoms with Crippen LogP contribution in [0.5, 0.6) is 0 Å². The van der Waals surface area contributed by atoms with E-state index < -0.39 is 0 Å². The van der Waals surface area contributed by atoms with Crippen molar-refractivity contribution < 1.29 is 0 Å². The highest BCUT2D eigenvalue weighted by atomic mass is 35.5. The molecule has 0 aliphatic carbocycles. The predicted octanol–water partition coefficient (Wildman–Crippen LogP) is 3.34. The van der Waals surface area contributed by atoms with E-state index in [9.17, 15) is 0 Å². The Balaban J connectivity index is 3.14. The Bertz CT molecular complexity index is 286. The molecule has 0 saturated heterocycles. The van der Waals surface area contributed by atoms with Crippen molar-refractivity contribution in [1.82, 2.24) is 4.98 Å². The Morgan fingerprint density at radius 2 is 1.83 bits per heavy atom. The summed E-state index contributed by atoms with van der Waals surface area (Å²) in [6.07, 6.45) is 0. The van der Waals surface area contributed by atoms with Gasteiger partial charge < -0.3 is 0 Å². The standard InChI is InChI=1S/C10H14ClN/c1-7-5-6-8(10(2,3)4)12-9(7)11/h5-6H,1-4H3. The van der Waals surface area contributed by atoms with Crippen molar-refractivity contribution >= 4 is 11.6 Å². The first-order chi connectivity index (χ1) is 5.41. The predicted molar refractivity (Wildman–Crippen MR) is 52.7 cm³/mol. The first-order valence-electron chi connectivity index (χ1n) is 4.05. The van der Waals surface area contributed by atoms with Crippen LogP contribution < -0.4 is 0 Å². The summed E-state index contributed by atoms with van der Waals surface area (Å²) in [4.78, 5) is 4.31. The average Bonchev–Trinajstić information content (AvgIpc) is 1.92. The van der Waals surface area contributed by atoms with Crippen molar-refractivity contribution in [3.05, 3.63) is 28.5 Å². The number of pyridine rings is 1. The molecule has 66 valence electrons. The van der Waals surface area contributed by atoms with Crippen LogP contribution >= 0.6 is 11.6 Å². The van der Waals surface area contributed by atoms with Crippen LogP contribution in [0.3, 0.4) is 0 Å². The molecule has 0 radical (unpaired) electrons. The minimum atomic E-state index is 0.0807. The van der Waals surface area contributed by atoms with Gasteiger partial charge in [-0.15, -0.1) is 0 Å². The topological polar surface area (TPSA) is 12.9 Å². The van der Waals surface area contributed by atoms with E-state index >= 15 is 0 Å². The van der Waals surface area contributed by atoms with E-state index in [0.29, 0.717) is 5.15 Å². The summed E-state index contributed by atoms with van der Waals surface area (Å²) in [5.74, 6) is 0. The summed E-state index contributed by atoms with van der Waals surface area (Å²) < 4.78 is 0. The minimum absolute atomic E-state index is 0.0807. The van der Waals surface area contributed by atoms with Crippen LogP contribution in [0, 0.1) is 6.92 Å². The van der Waals surface area contributed by atoms with Crippen LogP contribution in [-0.4, -0.2) is 4.98 Å². The van der Waals surface area contributed by atoms with E-state index in [1.807, 2.05) is 19.1 Å². The molecule has 1 rings (SSSR count). The number of nitrogens with zero attached hydrogens (tertiary/aromatic N) is 1. The van der Waals surface area contributed by atoms with E-state index in [-0.39, 0.29) is 5.41 Å². The molecular formula is C10H14ClN. The van der Waals surface area contributed by atoms with Crippen molar-refractivity contribution in [2.45, 2.75) is 33.1 Å². The Labute approximate surface area is 78.8 Å². The molecule has 0 unspecified atom stereocenters. The number of aryl methyl sites for hydroxylation is 1. The van der Waals surface area contributed by atoms with Crippen LogP contribution in [0.15, 0.2) is 12.1 Å². The fraction of sp³-hybridized carbons (Fsp3) is 0.500.